The molecule has 4 nitrogen and oxygen atoms in total. The molecule has 1 aromatic heterocycles. The van der Waals surface area contributed by atoms with Crippen molar-refractivity contribution < 1.29 is 14.7 Å². The first-order valence-electron chi connectivity index (χ1n) is 6.58. The van der Waals surface area contributed by atoms with Crippen molar-refractivity contribution in [3.63, 3.8) is 0 Å². The molecule has 1 fully saturated rings. The fourth-order valence-corrected chi connectivity index (χ4v) is 3.40. The van der Waals surface area contributed by atoms with Gasteiger partial charge in [0.2, 0.25) is 5.91 Å². The van der Waals surface area contributed by atoms with Gasteiger partial charge >= 0.3 is 5.97 Å². The average molecular weight is 281 g/mol. The minimum atomic E-state index is -0.831. The Bertz CT molecular complexity index is 444. The molecule has 1 amide bonds. The van der Waals surface area contributed by atoms with Gasteiger partial charge in [-0.3, -0.25) is 9.59 Å². The molecule has 1 heterocycles. The van der Waals surface area contributed by atoms with Crippen LogP contribution in [0.5, 0.6) is 0 Å². The lowest BCUT2D eigenvalue weighted by Crippen LogP contribution is -2.40. The van der Waals surface area contributed by atoms with Crippen LogP contribution in [0.25, 0.3) is 0 Å². The lowest BCUT2D eigenvalue weighted by Gasteiger charge is -2.30. The van der Waals surface area contributed by atoms with E-state index >= 15 is 0 Å². The molecule has 0 bridgehead atoms. The summed E-state index contributed by atoms with van der Waals surface area (Å²) in [5.74, 6) is -1.72. The van der Waals surface area contributed by atoms with Crippen LogP contribution >= 0.6 is 11.3 Å². The topological polar surface area (TPSA) is 57.6 Å². The van der Waals surface area contributed by atoms with Crippen LogP contribution in [0.15, 0.2) is 16.8 Å². The molecule has 0 spiro atoms. The Balaban J connectivity index is 2.02. The van der Waals surface area contributed by atoms with E-state index in [-0.39, 0.29) is 11.8 Å². The van der Waals surface area contributed by atoms with Gasteiger partial charge in [0.1, 0.15) is 0 Å². The highest BCUT2D eigenvalue weighted by molar-refractivity contribution is 7.07. The molecule has 1 aliphatic carbocycles. The van der Waals surface area contributed by atoms with Gasteiger partial charge in [-0.2, -0.15) is 11.3 Å². The van der Waals surface area contributed by atoms with E-state index in [9.17, 15) is 14.7 Å². The van der Waals surface area contributed by atoms with Crippen molar-refractivity contribution in [1.82, 2.24) is 4.90 Å². The fourth-order valence-electron chi connectivity index (χ4n) is 2.74. The van der Waals surface area contributed by atoms with Crippen LogP contribution in [-0.2, 0) is 16.1 Å². The van der Waals surface area contributed by atoms with E-state index in [2.05, 4.69) is 0 Å². The Hall–Kier alpha value is -1.36. The Morgan fingerprint density at radius 3 is 2.63 bits per heavy atom. The van der Waals surface area contributed by atoms with Crippen LogP contribution in [0.2, 0.25) is 0 Å². The van der Waals surface area contributed by atoms with Crippen LogP contribution in [0, 0.1) is 11.8 Å². The molecule has 1 N–H and O–H groups in total. The summed E-state index contributed by atoms with van der Waals surface area (Å²) >= 11 is 1.60. The number of nitrogens with zero attached hydrogens (tertiary/aromatic N) is 1. The molecule has 2 unspecified atom stereocenters. The zero-order valence-electron chi connectivity index (χ0n) is 11.0. The van der Waals surface area contributed by atoms with E-state index < -0.39 is 11.9 Å². The largest absolute Gasteiger partial charge is 0.481 e. The van der Waals surface area contributed by atoms with E-state index in [0.29, 0.717) is 19.4 Å². The van der Waals surface area contributed by atoms with Crippen LogP contribution in [0.3, 0.4) is 0 Å². The summed E-state index contributed by atoms with van der Waals surface area (Å²) in [5.41, 5.74) is 1.10. The molecule has 19 heavy (non-hydrogen) atoms. The summed E-state index contributed by atoms with van der Waals surface area (Å²) in [6.07, 6.45) is 3.18. The number of carbonyl (C=O) groups is 2. The molecule has 0 aromatic carbocycles. The quantitative estimate of drug-likeness (QED) is 0.923. The highest BCUT2D eigenvalue weighted by Gasteiger charge is 2.36. The Morgan fingerprint density at radius 2 is 2.05 bits per heavy atom. The number of aliphatic carboxylic acids is 1. The van der Waals surface area contributed by atoms with E-state index in [4.69, 9.17) is 0 Å². The molecule has 0 radical (unpaired) electrons. The highest BCUT2D eigenvalue weighted by atomic mass is 32.1. The maximum absolute atomic E-state index is 12.4. The van der Waals surface area contributed by atoms with Gasteiger partial charge in [0, 0.05) is 13.6 Å². The summed E-state index contributed by atoms with van der Waals surface area (Å²) in [5, 5.41) is 13.2. The normalized spacial score (nSPS) is 23.0. The summed E-state index contributed by atoms with van der Waals surface area (Å²) in [7, 11) is 1.76. The maximum atomic E-state index is 12.4. The third-order valence-corrected chi connectivity index (χ3v) is 4.51. The van der Waals surface area contributed by atoms with Crippen molar-refractivity contribution in [3.05, 3.63) is 22.4 Å². The average Bonchev–Trinajstić information content (AvgIpc) is 2.90. The lowest BCUT2D eigenvalue weighted by molar-refractivity contribution is -0.152. The van der Waals surface area contributed by atoms with Gasteiger partial charge in [0.25, 0.3) is 0 Å². The van der Waals surface area contributed by atoms with Crippen molar-refractivity contribution in [2.45, 2.75) is 32.2 Å². The molecule has 2 atom stereocenters. The van der Waals surface area contributed by atoms with E-state index in [0.717, 1.165) is 18.4 Å². The van der Waals surface area contributed by atoms with Crippen LogP contribution in [-0.4, -0.2) is 28.9 Å². The predicted octanol–water partition coefficient (Wildman–Crippen LogP) is 2.60. The van der Waals surface area contributed by atoms with E-state index in [1.165, 1.54) is 0 Å². The Labute approximate surface area is 117 Å². The second-order valence-electron chi connectivity index (χ2n) is 5.16. The third-order valence-electron chi connectivity index (χ3n) is 3.78. The van der Waals surface area contributed by atoms with Gasteiger partial charge in [-0.25, -0.2) is 0 Å². The first-order valence-corrected chi connectivity index (χ1v) is 7.52. The van der Waals surface area contributed by atoms with Crippen molar-refractivity contribution in [2.24, 2.45) is 11.8 Å². The molecule has 5 heteroatoms. The fraction of sp³-hybridized carbons (Fsp3) is 0.571. The van der Waals surface area contributed by atoms with E-state index in [1.54, 1.807) is 23.3 Å². The maximum Gasteiger partial charge on any atom is 0.307 e. The summed E-state index contributed by atoms with van der Waals surface area (Å²) in [6, 6.07) is 1.99. The number of hydrogen-bond donors (Lipinski definition) is 1. The number of rotatable bonds is 4. The van der Waals surface area contributed by atoms with Gasteiger partial charge in [-0.15, -0.1) is 0 Å². The van der Waals surface area contributed by atoms with Crippen molar-refractivity contribution in [1.29, 1.82) is 0 Å². The number of thiophene rings is 1. The first-order chi connectivity index (χ1) is 9.09. The monoisotopic (exact) mass is 281 g/mol. The van der Waals surface area contributed by atoms with Gasteiger partial charge in [0.15, 0.2) is 0 Å². The number of hydrogen-bond acceptors (Lipinski definition) is 3. The van der Waals surface area contributed by atoms with E-state index in [1.807, 2.05) is 16.8 Å². The summed E-state index contributed by atoms with van der Waals surface area (Å²) in [4.78, 5) is 25.3. The second-order valence-corrected chi connectivity index (χ2v) is 5.94. The van der Waals surface area contributed by atoms with Crippen molar-refractivity contribution in [3.8, 4) is 0 Å². The highest BCUT2D eigenvalue weighted by Crippen LogP contribution is 2.31. The van der Waals surface area contributed by atoms with Crippen LogP contribution < -0.4 is 0 Å². The van der Waals surface area contributed by atoms with Crippen molar-refractivity contribution in [2.75, 3.05) is 7.05 Å². The molecule has 1 saturated carbocycles. The third kappa shape index (κ3) is 3.35. The number of amides is 1. The molecule has 0 aliphatic heterocycles. The molecule has 2 rings (SSSR count). The van der Waals surface area contributed by atoms with Gasteiger partial charge in [0.05, 0.1) is 11.8 Å². The Morgan fingerprint density at radius 1 is 1.37 bits per heavy atom. The molecular formula is C14H19NO3S. The number of carboxylic acid groups (broad SMARTS) is 1. The molecule has 104 valence electrons. The predicted molar refractivity (Wildman–Crippen MR) is 73.9 cm³/mol. The summed E-state index contributed by atoms with van der Waals surface area (Å²) < 4.78 is 0. The van der Waals surface area contributed by atoms with Crippen LogP contribution in [0.4, 0.5) is 0 Å². The summed E-state index contributed by atoms with van der Waals surface area (Å²) in [6.45, 7) is 0.561. The number of carboxylic acids is 1. The van der Waals surface area contributed by atoms with Gasteiger partial charge in [-0.1, -0.05) is 12.8 Å². The Kier molecular flexibility index (Phi) is 4.58. The van der Waals surface area contributed by atoms with Gasteiger partial charge < -0.3 is 10.0 Å². The van der Waals surface area contributed by atoms with Gasteiger partial charge in [-0.05, 0) is 35.2 Å². The van der Waals surface area contributed by atoms with Crippen molar-refractivity contribution >= 4 is 23.2 Å². The number of carbonyl (C=O) groups excluding carboxylic acids is 1. The first kappa shape index (κ1) is 14.1. The molecule has 1 aliphatic rings. The standard InChI is InChI=1S/C14H19NO3S/c1-15(8-10-6-7-19-9-10)13(16)11-4-2-3-5-12(11)14(17)18/h6-7,9,11-12H,2-5,8H2,1H3,(H,17,18). The lowest BCUT2D eigenvalue weighted by atomic mass is 9.78. The SMILES string of the molecule is CN(Cc1ccsc1)C(=O)C1CCCCC1C(=O)O. The minimum absolute atomic E-state index is 0.0294. The molecular weight excluding hydrogens is 262 g/mol. The molecule has 0 saturated heterocycles. The zero-order chi connectivity index (χ0) is 13.8. The van der Waals surface area contributed by atoms with Crippen LogP contribution in [0.1, 0.15) is 31.2 Å². The molecule has 1 aromatic rings. The zero-order valence-corrected chi connectivity index (χ0v) is 11.9. The smallest absolute Gasteiger partial charge is 0.307 e. The second kappa shape index (κ2) is 6.19. The minimum Gasteiger partial charge on any atom is -0.481 e.